The third kappa shape index (κ3) is 13.1. The highest BCUT2D eigenvalue weighted by Crippen LogP contribution is 2.36. The Morgan fingerprint density at radius 3 is 1.27 bits per heavy atom. The van der Waals surface area contributed by atoms with E-state index in [1.807, 2.05) is 0 Å². The summed E-state index contributed by atoms with van der Waals surface area (Å²) in [5.74, 6) is 0. The van der Waals surface area contributed by atoms with Gasteiger partial charge in [0, 0.05) is 0 Å². The lowest BCUT2D eigenvalue weighted by Crippen LogP contribution is -2.08. The molecule has 0 spiro atoms. The van der Waals surface area contributed by atoms with Crippen molar-refractivity contribution in [2.45, 2.75) is 81.9 Å². The van der Waals surface area contributed by atoms with Crippen LogP contribution in [0.1, 0.15) is 70.6 Å². The third-order valence-electron chi connectivity index (χ3n) is 4.43. The fraction of sp³-hybridized carbons (Fsp3) is 1.00. The molecule has 0 aromatic heterocycles. The lowest BCUT2D eigenvalue weighted by Gasteiger charge is -2.23. The molecule has 22 heavy (non-hydrogen) atoms. The minimum atomic E-state index is -6.00. The van der Waals surface area contributed by atoms with E-state index in [0.29, 0.717) is 0 Å². The smallest absolute Gasteiger partial charge is 0.418 e. The second-order valence-corrected chi connectivity index (χ2v) is 9.88. The predicted octanol–water partition coefficient (Wildman–Crippen LogP) is 6.70. The lowest BCUT2D eigenvalue weighted by molar-refractivity contribution is 0.368. The summed E-state index contributed by atoms with van der Waals surface area (Å²) in [4.78, 5) is 0. The zero-order chi connectivity index (χ0) is 16.3. The van der Waals surface area contributed by atoms with Crippen molar-refractivity contribution >= 4 is 24.4 Å². The van der Waals surface area contributed by atoms with Crippen LogP contribution in [0.2, 0.25) is 0 Å². The van der Waals surface area contributed by atoms with Crippen LogP contribution in [-0.4, -0.2) is 30.9 Å². The van der Waals surface area contributed by atoms with Crippen LogP contribution in [0.5, 0.6) is 0 Å². The zero-order valence-electron chi connectivity index (χ0n) is 13.4. The molecule has 0 aromatic carbocycles. The summed E-state index contributed by atoms with van der Waals surface area (Å²) in [5, 5.41) is 0. The number of rotatable bonds is 6. The summed E-state index contributed by atoms with van der Waals surface area (Å²) < 4.78 is 39.0. The summed E-state index contributed by atoms with van der Waals surface area (Å²) in [6, 6.07) is 0. The van der Waals surface area contributed by atoms with Gasteiger partial charge in [-0.1, -0.05) is 38.5 Å². The highest BCUT2D eigenvalue weighted by Gasteiger charge is 2.20. The predicted molar refractivity (Wildman–Crippen MR) is 94.9 cm³/mol. The van der Waals surface area contributed by atoms with Crippen molar-refractivity contribution in [1.82, 2.24) is 0 Å². The van der Waals surface area contributed by atoms with Gasteiger partial charge in [0.25, 0.3) is 0 Å². The summed E-state index contributed by atoms with van der Waals surface area (Å²) in [6.45, 7) is 0. The van der Waals surface area contributed by atoms with E-state index in [1.54, 1.807) is 44.4 Å². The first-order chi connectivity index (χ1) is 10.4. The fourth-order valence-corrected chi connectivity index (χ4v) is 6.88. The SMILES string of the molecule is C1CCC(PCCCPC2CCCCC2)CC1.F[B-](F)(F)F. The van der Waals surface area contributed by atoms with Gasteiger partial charge in [-0.3, -0.25) is 0 Å². The van der Waals surface area contributed by atoms with E-state index in [1.165, 1.54) is 55.7 Å². The van der Waals surface area contributed by atoms with Crippen LogP contribution in [0.15, 0.2) is 0 Å². The molecule has 7 heteroatoms. The standard InChI is InChI=1S/C15H30P2.BF4/c1-3-8-14(9-4-1)16-12-7-13-17-15-10-5-2-6-11-15;2-1(3,4)5/h14-17H,1-13H2;/q;-1. The van der Waals surface area contributed by atoms with Crippen LogP contribution in [-0.2, 0) is 0 Å². The molecule has 2 rings (SSSR count). The maximum atomic E-state index is 9.75. The molecule has 2 atom stereocenters. The highest BCUT2D eigenvalue weighted by atomic mass is 31.1. The molecule has 132 valence electrons. The van der Waals surface area contributed by atoms with Gasteiger partial charge >= 0.3 is 7.25 Å². The Balaban J connectivity index is 0.000000422. The molecule has 0 heterocycles. The van der Waals surface area contributed by atoms with Crippen molar-refractivity contribution in [3.05, 3.63) is 0 Å². The van der Waals surface area contributed by atoms with Gasteiger partial charge in [-0.15, -0.1) is 17.2 Å². The van der Waals surface area contributed by atoms with Gasteiger partial charge in [-0.05, 0) is 55.7 Å². The van der Waals surface area contributed by atoms with Gasteiger partial charge in [0.2, 0.25) is 0 Å². The maximum absolute atomic E-state index is 9.75. The minimum Gasteiger partial charge on any atom is -0.418 e. The Morgan fingerprint density at radius 1 is 0.636 bits per heavy atom. The van der Waals surface area contributed by atoms with E-state index >= 15 is 0 Å². The molecule has 0 aromatic rings. The number of hydrogen-bond donors (Lipinski definition) is 0. The molecule has 0 saturated heterocycles. The summed E-state index contributed by atoms with van der Waals surface area (Å²) in [6.07, 6.45) is 20.1. The summed E-state index contributed by atoms with van der Waals surface area (Å²) >= 11 is 0. The van der Waals surface area contributed by atoms with Gasteiger partial charge in [-0.25, -0.2) is 0 Å². The van der Waals surface area contributed by atoms with Crippen molar-refractivity contribution in [3.63, 3.8) is 0 Å². The summed E-state index contributed by atoms with van der Waals surface area (Å²) in [5.41, 5.74) is 2.28. The highest BCUT2D eigenvalue weighted by molar-refractivity contribution is 7.40. The lowest BCUT2D eigenvalue weighted by atomic mass is 10.0. The second kappa shape index (κ2) is 12.1. The second-order valence-electron chi connectivity index (χ2n) is 6.43. The van der Waals surface area contributed by atoms with Crippen molar-refractivity contribution in [2.75, 3.05) is 12.3 Å². The quantitative estimate of drug-likeness (QED) is 0.214. The molecule has 0 N–H and O–H groups in total. The normalized spacial score (nSPS) is 22.4. The average Bonchev–Trinajstić information content (AvgIpc) is 2.47. The molecule has 2 saturated carbocycles. The number of hydrogen-bond acceptors (Lipinski definition) is 0. The molecule has 0 aliphatic heterocycles. The Bertz CT molecular complexity index is 239. The van der Waals surface area contributed by atoms with E-state index in [-0.39, 0.29) is 0 Å². The van der Waals surface area contributed by atoms with E-state index < -0.39 is 7.25 Å². The maximum Gasteiger partial charge on any atom is 0.673 e. The van der Waals surface area contributed by atoms with Crippen molar-refractivity contribution < 1.29 is 17.3 Å². The molecule has 2 aliphatic rings. The Labute approximate surface area is 136 Å². The molecule has 0 radical (unpaired) electrons. The minimum absolute atomic E-state index is 1.14. The van der Waals surface area contributed by atoms with Crippen molar-refractivity contribution in [1.29, 1.82) is 0 Å². The van der Waals surface area contributed by atoms with Crippen LogP contribution >= 0.6 is 17.2 Å². The van der Waals surface area contributed by atoms with Crippen LogP contribution < -0.4 is 0 Å². The molecule has 0 bridgehead atoms. The van der Waals surface area contributed by atoms with Gasteiger partial charge in [0.15, 0.2) is 0 Å². The van der Waals surface area contributed by atoms with E-state index in [2.05, 4.69) is 0 Å². The topological polar surface area (TPSA) is 0 Å². The summed E-state index contributed by atoms with van der Waals surface area (Å²) in [7, 11) is -3.39. The molecule has 2 aliphatic carbocycles. The first-order valence-corrected chi connectivity index (χ1v) is 11.4. The van der Waals surface area contributed by atoms with Crippen LogP contribution in [0.4, 0.5) is 17.3 Å². The molecule has 0 amide bonds. The Hall–Kier alpha value is 0.645. The number of halogens is 4. The van der Waals surface area contributed by atoms with E-state index in [4.69, 9.17) is 0 Å². The first-order valence-electron chi connectivity index (χ1n) is 8.79. The largest absolute Gasteiger partial charge is 0.673 e. The van der Waals surface area contributed by atoms with Crippen LogP contribution in [0, 0.1) is 0 Å². The molecule has 2 fully saturated rings. The van der Waals surface area contributed by atoms with Crippen LogP contribution in [0.25, 0.3) is 0 Å². The van der Waals surface area contributed by atoms with Gasteiger partial charge in [0.1, 0.15) is 0 Å². The van der Waals surface area contributed by atoms with Crippen molar-refractivity contribution in [2.24, 2.45) is 0 Å². The van der Waals surface area contributed by atoms with E-state index in [0.717, 1.165) is 11.3 Å². The van der Waals surface area contributed by atoms with Gasteiger partial charge < -0.3 is 17.3 Å². The zero-order valence-corrected chi connectivity index (χ0v) is 15.4. The molecule has 2 unspecified atom stereocenters. The van der Waals surface area contributed by atoms with Gasteiger partial charge in [-0.2, -0.15) is 0 Å². The third-order valence-corrected chi connectivity index (χ3v) is 8.02. The van der Waals surface area contributed by atoms with Crippen molar-refractivity contribution in [3.8, 4) is 0 Å². The Kier molecular flexibility index (Phi) is 11.4. The van der Waals surface area contributed by atoms with E-state index in [9.17, 15) is 17.3 Å². The van der Waals surface area contributed by atoms with Gasteiger partial charge in [0.05, 0.1) is 0 Å². The van der Waals surface area contributed by atoms with Crippen LogP contribution in [0.3, 0.4) is 0 Å². The molecule has 0 nitrogen and oxygen atoms in total. The Morgan fingerprint density at radius 2 is 0.955 bits per heavy atom. The molecular formula is C15H30BF4P2-. The first kappa shape index (κ1) is 20.7. The average molecular weight is 359 g/mol. The molecular weight excluding hydrogens is 329 g/mol. The monoisotopic (exact) mass is 359 g/mol. The fourth-order valence-electron chi connectivity index (χ4n) is 3.31.